The average molecular weight is 549 g/mol. The maximum absolute atomic E-state index is 12.5. The van der Waals surface area contributed by atoms with Crippen molar-refractivity contribution in [1.29, 1.82) is 0 Å². The van der Waals surface area contributed by atoms with Gasteiger partial charge in [-0.15, -0.1) is 0 Å². The van der Waals surface area contributed by atoms with Crippen LogP contribution >= 0.6 is 0 Å². The molecule has 0 spiro atoms. The first-order chi connectivity index (χ1) is 18.5. The van der Waals surface area contributed by atoms with Gasteiger partial charge in [0.05, 0.1) is 30.0 Å². The summed E-state index contributed by atoms with van der Waals surface area (Å²) < 4.78 is 29.4. The molecule has 6 fully saturated rings. The minimum Gasteiger partial charge on any atom is -0.458 e. The minimum absolute atomic E-state index is 0.00192. The number of cyclic esters (lactones) is 1. The van der Waals surface area contributed by atoms with E-state index in [1.165, 1.54) is 7.11 Å². The van der Waals surface area contributed by atoms with E-state index in [2.05, 4.69) is 13.8 Å². The third-order valence-corrected chi connectivity index (χ3v) is 12.6. The molecule has 0 aromatic carbocycles. The highest BCUT2D eigenvalue weighted by atomic mass is 16.7. The van der Waals surface area contributed by atoms with Crippen LogP contribution in [-0.4, -0.2) is 89.6 Å². The third-order valence-electron chi connectivity index (χ3n) is 12.6. The maximum atomic E-state index is 12.5. The minimum atomic E-state index is -1.05. The number of hydrogen-bond donors (Lipinski definition) is 3. The van der Waals surface area contributed by atoms with Crippen molar-refractivity contribution in [2.45, 2.75) is 120 Å². The number of epoxide rings is 1. The molecule has 218 valence electrons. The van der Waals surface area contributed by atoms with Crippen molar-refractivity contribution in [3.8, 4) is 0 Å². The lowest BCUT2D eigenvalue weighted by Crippen LogP contribution is -2.65. The number of fused-ring (bicyclic) bond motifs is 8. The maximum Gasteiger partial charge on any atom is 0.331 e. The van der Waals surface area contributed by atoms with Gasteiger partial charge in [-0.3, -0.25) is 0 Å². The van der Waals surface area contributed by atoms with Gasteiger partial charge in [-0.1, -0.05) is 13.8 Å². The molecular formula is C30H44O9. The van der Waals surface area contributed by atoms with Crippen LogP contribution < -0.4 is 0 Å². The SMILES string of the molecule is CO[C@H]1[C@H](O)[C@H](O[C@H]2CC[C@@]3(C)[C@H](CC[C@@H]4[C@@H]3C3OC3[C@]3(C)[C@@H](C5=CC(=O)OC5)CC[C@]43O)C2)O[C@@H](C)[C@@H]1O. The zero-order valence-corrected chi connectivity index (χ0v) is 23.5. The number of carbonyl (C=O) groups excluding carboxylic acids is 1. The summed E-state index contributed by atoms with van der Waals surface area (Å²) in [5.74, 6) is 0.727. The van der Waals surface area contributed by atoms with Crippen LogP contribution in [0.4, 0.5) is 0 Å². The van der Waals surface area contributed by atoms with E-state index in [1.807, 2.05) is 0 Å². The van der Waals surface area contributed by atoms with Crippen LogP contribution in [0.2, 0.25) is 0 Å². The Morgan fingerprint density at radius 1 is 1.05 bits per heavy atom. The highest BCUT2D eigenvalue weighted by Gasteiger charge is 2.79. The van der Waals surface area contributed by atoms with Gasteiger partial charge in [-0.25, -0.2) is 4.79 Å². The van der Waals surface area contributed by atoms with Crippen molar-refractivity contribution < 1.29 is 43.8 Å². The highest BCUT2D eigenvalue weighted by Crippen LogP contribution is 2.74. The van der Waals surface area contributed by atoms with Crippen LogP contribution in [-0.2, 0) is 28.5 Å². The molecule has 0 aromatic rings. The number of hydrogen-bond acceptors (Lipinski definition) is 9. The normalized spacial score (nSPS) is 58.0. The largest absolute Gasteiger partial charge is 0.458 e. The molecule has 7 rings (SSSR count). The van der Waals surface area contributed by atoms with E-state index in [0.29, 0.717) is 18.4 Å². The number of aliphatic hydroxyl groups excluding tert-OH is 2. The standard InChI is InChI=1S/C30H44O9/c1-14-22(32)25(35-4)23(33)27(37-14)38-17-7-9-28(2)16(12-17)5-6-19-21(28)24-26(39-24)29(3)18(8-10-30(19,29)34)15-11-20(31)36-13-15/h11,14,16-19,21-27,32-34H,5-10,12-13H2,1-4H3/t14-,16+,17-,18+,19+,21+,22-,23-,24?,25+,26?,27-,28-,29-,30-/m0/s1. The van der Waals surface area contributed by atoms with Crippen molar-refractivity contribution in [2.24, 2.45) is 34.5 Å². The van der Waals surface area contributed by atoms with Crippen LogP contribution in [0, 0.1) is 34.5 Å². The summed E-state index contributed by atoms with van der Waals surface area (Å²) in [5.41, 5.74) is -0.169. The van der Waals surface area contributed by atoms with Gasteiger partial charge >= 0.3 is 5.97 Å². The molecule has 2 unspecified atom stereocenters. The van der Waals surface area contributed by atoms with Gasteiger partial charge < -0.3 is 39.0 Å². The monoisotopic (exact) mass is 548 g/mol. The Morgan fingerprint density at radius 2 is 1.85 bits per heavy atom. The van der Waals surface area contributed by atoms with Crippen molar-refractivity contribution in [2.75, 3.05) is 13.7 Å². The molecular weight excluding hydrogens is 504 g/mol. The fourth-order valence-corrected chi connectivity index (χ4v) is 10.4. The fourth-order valence-electron chi connectivity index (χ4n) is 10.4. The molecule has 2 saturated heterocycles. The van der Waals surface area contributed by atoms with Gasteiger partial charge in [-0.05, 0) is 86.5 Å². The van der Waals surface area contributed by atoms with E-state index in [-0.39, 0.29) is 41.5 Å². The van der Waals surface area contributed by atoms with E-state index >= 15 is 0 Å². The molecule has 0 bridgehead atoms. The Bertz CT molecular complexity index is 1050. The third kappa shape index (κ3) is 3.60. The van der Waals surface area contributed by atoms with Gasteiger partial charge in [0.15, 0.2) is 6.29 Å². The molecule has 0 amide bonds. The Labute approximate surface area is 230 Å². The molecule has 9 nitrogen and oxygen atoms in total. The van der Waals surface area contributed by atoms with Crippen LogP contribution in [0.25, 0.3) is 0 Å². The summed E-state index contributed by atoms with van der Waals surface area (Å²) in [7, 11) is 1.48. The molecule has 3 aliphatic heterocycles. The molecule has 3 heterocycles. The van der Waals surface area contributed by atoms with Crippen molar-refractivity contribution in [3.63, 3.8) is 0 Å². The van der Waals surface area contributed by atoms with Crippen LogP contribution in [0.3, 0.4) is 0 Å². The van der Waals surface area contributed by atoms with Crippen LogP contribution in [0.15, 0.2) is 11.6 Å². The molecule has 4 saturated carbocycles. The van der Waals surface area contributed by atoms with E-state index in [4.69, 9.17) is 23.7 Å². The summed E-state index contributed by atoms with van der Waals surface area (Å²) in [5, 5.41) is 33.6. The van der Waals surface area contributed by atoms with Gasteiger partial charge in [-0.2, -0.15) is 0 Å². The summed E-state index contributed by atoms with van der Waals surface area (Å²) in [6.07, 6.45) is 3.98. The first-order valence-electron chi connectivity index (χ1n) is 15.0. The highest BCUT2D eigenvalue weighted by molar-refractivity contribution is 5.85. The topological polar surface area (TPSA) is 127 Å². The number of rotatable bonds is 4. The van der Waals surface area contributed by atoms with E-state index in [1.54, 1.807) is 13.0 Å². The summed E-state index contributed by atoms with van der Waals surface area (Å²) in [4.78, 5) is 11.9. The Hall–Kier alpha value is -1.07. The molecule has 15 atom stereocenters. The van der Waals surface area contributed by atoms with E-state index < -0.39 is 41.7 Å². The molecule has 0 radical (unpaired) electrons. The van der Waals surface area contributed by atoms with Crippen LogP contribution in [0.5, 0.6) is 0 Å². The van der Waals surface area contributed by atoms with E-state index in [0.717, 1.165) is 50.5 Å². The second-order valence-electron chi connectivity index (χ2n) is 14.0. The second-order valence-corrected chi connectivity index (χ2v) is 14.0. The molecule has 4 aliphatic carbocycles. The molecule has 3 N–H and O–H groups in total. The van der Waals surface area contributed by atoms with Crippen molar-refractivity contribution in [3.05, 3.63) is 11.6 Å². The van der Waals surface area contributed by atoms with E-state index in [9.17, 15) is 20.1 Å². The van der Waals surface area contributed by atoms with Crippen molar-refractivity contribution in [1.82, 2.24) is 0 Å². The molecule has 0 aromatic heterocycles. The van der Waals surface area contributed by atoms with Gasteiger partial charge in [0.1, 0.15) is 24.9 Å². The quantitative estimate of drug-likeness (QED) is 0.275. The first kappa shape index (κ1) is 26.8. The number of carbonyl (C=O) groups is 1. The van der Waals surface area contributed by atoms with Gasteiger partial charge in [0, 0.05) is 18.6 Å². The predicted octanol–water partition coefficient (Wildman–Crippen LogP) is 2.10. The van der Waals surface area contributed by atoms with Crippen molar-refractivity contribution >= 4 is 5.97 Å². The summed E-state index contributed by atoms with van der Waals surface area (Å²) in [6, 6.07) is 0. The fraction of sp³-hybridized carbons (Fsp3) is 0.900. The zero-order valence-electron chi connectivity index (χ0n) is 23.5. The Balaban J connectivity index is 1.09. The number of esters is 1. The Kier molecular flexibility index (Phi) is 6.16. The predicted molar refractivity (Wildman–Crippen MR) is 137 cm³/mol. The molecule has 39 heavy (non-hydrogen) atoms. The smallest absolute Gasteiger partial charge is 0.331 e. The summed E-state index contributed by atoms with van der Waals surface area (Å²) in [6.45, 7) is 6.71. The van der Waals surface area contributed by atoms with Gasteiger partial charge in [0.2, 0.25) is 0 Å². The Morgan fingerprint density at radius 3 is 2.56 bits per heavy atom. The zero-order chi connectivity index (χ0) is 27.5. The molecule has 9 heteroatoms. The lowest BCUT2D eigenvalue weighted by molar-refractivity contribution is -0.313. The lowest BCUT2D eigenvalue weighted by Gasteiger charge is -2.62. The average Bonchev–Trinajstić information content (AvgIpc) is 3.51. The number of methoxy groups -OCH3 is 1. The van der Waals surface area contributed by atoms with Crippen LogP contribution in [0.1, 0.15) is 65.7 Å². The lowest BCUT2D eigenvalue weighted by atomic mass is 9.43. The second kappa shape index (κ2) is 8.96. The summed E-state index contributed by atoms with van der Waals surface area (Å²) >= 11 is 0. The molecule has 7 aliphatic rings. The first-order valence-corrected chi connectivity index (χ1v) is 15.0. The number of ether oxygens (including phenoxy) is 5. The number of aliphatic hydroxyl groups is 3. The van der Waals surface area contributed by atoms with Gasteiger partial charge in [0.25, 0.3) is 0 Å².